The number of nitrogens with zero attached hydrogens (tertiary/aromatic N) is 2. The van der Waals surface area contributed by atoms with Crippen LogP contribution in [0.25, 0.3) is 10.6 Å². The molecule has 0 saturated heterocycles. The van der Waals surface area contributed by atoms with E-state index in [1.54, 1.807) is 11.3 Å². The van der Waals surface area contributed by atoms with Gasteiger partial charge in [-0.1, -0.05) is 32.1 Å². The van der Waals surface area contributed by atoms with Crippen LogP contribution in [-0.2, 0) is 6.42 Å². The Labute approximate surface area is 122 Å². The summed E-state index contributed by atoms with van der Waals surface area (Å²) >= 11 is 3.58. The Morgan fingerprint density at radius 2 is 1.95 bits per heavy atom. The van der Waals surface area contributed by atoms with Gasteiger partial charge in [-0.3, -0.25) is 0 Å². The zero-order valence-corrected chi connectivity index (χ0v) is 13.2. The summed E-state index contributed by atoms with van der Waals surface area (Å²) in [4.78, 5) is 10.6. The predicted molar refractivity (Wildman–Crippen MR) is 83.0 cm³/mol. The highest BCUT2D eigenvalue weighted by atomic mass is 32.1. The van der Waals surface area contributed by atoms with E-state index in [0.717, 1.165) is 22.3 Å². The van der Waals surface area contributed by atoms with Crippen molar-refractivity contribution in [2.45, 2.75) is 52.4 Å². The van der Waals surface area contributed by atoms with Crippen LogP contribution in [0.1, 0.15) is 47.8 Å². The van der Waals surface area contributed by atoms with Crippen LogP contribution in [0.4, 0.5) is 0 Å². The third-order valence-electron chi connectivity index (χ3n) is 3.88. The number of aromatic nitrogens is 2. The summed E-state index contributed by atoms with van der Waals surface area (Å²) in [5.74, 6) is 0.872. The first-order chi connectivity index (χ1) is 9.22. The van der Waals surface area contributed by atoms with Crippen LogP contribution in [0, 0.1) is 19.8 Å². The van der Waals surface area contributed by atoms with Crippen molar-refractivity contribution in [1.29, 1.82) is 0 Å². The Morgan fingerprint density at radius 3 is 2.63 bits per heavy atom. The molecule has 0 bridgehead atoms. The van der Waals surface area contributed by atoms with Gasteiger partial charge in [0.15, 0.2) is 0 Å². The predicted octanol–water partition coefficient (Wildman–Crippen LogP) is 5.01. The minimum atomic E-state index is 0.872. The Morgan fingerprint density at radius 1 is 1.16 bits per heavy atom. The second-order valence-corrected chi connectivity index (χ2v) is 7.63. The number of thiazole rings is 2. The molecule has 1 fully saturated rings. The van der Waals surface area contributed by atoms with Crippen molar-refractivity contribution in [2.24, 2.45) is 5.92 Å². The smallest absolute Gasteiger partial charge is 0.0935 e. The average Bonchev–Trinajstić information content (AvgIpc) is 2.97. The molecule has 0 unspecified atom stereocenters. The molecule has 19 heavy (non-hydrogen) atoms. The Bertz CT molecular complexity index is 550. The minimum Gasteiger partial charge on any atom is -0.246 e. The molecule has 1 saturated carbocycles. The maximum Gasteiger partial charge on any atom is 0.0935 e. The van der Waals surface area contributed by atoms with Gasteiger partial charge in [-0.2, -0.15) is 0 Å². The highest BCUT2D eigenvalue weighted by molar-refractivity contribution is 7.15. The first-order valence-electron chi connectivity index (χ1n) is 7.11. The Kier molecular flexibility index (Phi) is 3.99. The fourth-order valence-electron chi connectivity index (χ4n) is 2.92. The van der Waals surface area contributed by atoms with Crippen molar-refractivity contribution in [3.63, 3.8) is 0 Å². The second-order valence-electron chi connectivity index (χ2n) is 5.48. The molecule has 3 rings (SSSR count). The SMILES string of the molecule is Cc1nc(C)c(-c2csc(CC3CCCCC3)n2)s1. The molecule has 1 aliphatic carbocycles. The molecule has 0 spiro atoms. The Hall–Kier alpha value is -0.740. The van der Waals surface area contributed by atoms with Gasteiger partial charge in [-0.05, 0) is 19.8 Å². The number of hydrogen-bond donors (Lipinski definition) is 0. The fourth-order valence-corrected chi connectivity index (χ4v) is 4.77. The molecule has 4 heteroatoms. The van der Waals surface area contributed by atoms with Crippen molar-refractivity contribution in [1.82, 2.24) is 9.97 Å². The fraction of sp³-hybridized carbons (Fsp3) is 0.600. The maximum absolute atomic E-state index is 4.84. The summed E-state index contributed by atoms with van der Waals surface area (Å²) in [6.45, 7) is 4.15. The van der Waals surface area contributed by atoms with Crippen LogP contribution in [0.5, 0.6) is 0 Å². The van der Waals surface area contributed by atoms with Gasteiger partial charge in [0.2, 0.25) is 0 Å². The van der Waals surface area contributed by atoms with E-state index in [-0.39, 0.29) is 0 Å². The van der Waals surface area contributed by atoms with Gasteiger partial charge in [0.25, 0.3) is 0 Å². The maximum atomic E-state index is 4.84. The summed E-state index contributed by atoms with van der Waals surface area (Å²) in [7, 11) is 0. The molecule has 2 aromatic heterocycles. The van der Waals surface area contributed by atoms with Crippen LogP contribution < -0.4 is 0 Å². The molecule has 0 atom stereocenters. The van der Waals surface area contributed by atoms with Crippen molar-refractivity contribution in [3.05, 3.63) is 21.1 Å². The molecule has 0 radical (unpaired) electrons. The van der Waals surface area contributed by atoms with E-state index in [1.165, 1.54) is 48.4 Å². The zero-order chi connectivity index (χ0) is 13.2. The molecular weight excluding hydrogens is 272 g/mol. The lowest BCUT2D eigenvalue weighted by Crippen LogP contribution is -2.08. The average molecular weight is 292 g/mol. The van der Waals surface area contributed by atoms with E-state index >= 15 is 0 Å². The summed E-state index contributed by atoms with van der Waals surface area (Å²) in [5, 5.41) is 4.65. The summed E-state index contributed by atoms with van der Waals surface area (Å²) < 4.78 is 0. The molecule has 0 aliphatic heterocycles. The van der Waals surface area contributed by atoms with Gasteiger partial charge in [0.1, 0.15) is 0 Å². The van der Waals surface area contributed by atoms with Gasteiger partial charge in [-0.25, -0.2) is 9.97 Å². The molecular formula is C15H20N2S2. The van der Waals surface area contributed by atoms with Crippen molar-refractivity contribution in [2.75, 3.05) is 0 Å². The van der Waals surface area contributed by atoms with Crippen LogP contribution in [0.15, 0.2) is 5.38 Å². The third kappa shape index (κ3) is 3.06. The second kappa shape index (κ2) is 5.71. The van der Waals surface area contributed by atoms with E-state index in [2.05, 4.69) is 24.2 Å². The lowest BCUT2D eigenvalue weighted by Gasteiger charge is -2.20. The van der Waals surface area contributed by atoms with Crippen LogP contribution >= 0.6 is 22.7 Å². The molecule has 2 nitrogen and oxygen atoms in total. The zero-order valence-electron chi connectivity index (χ0n) is 11.6. The molecule has 102 valence electrons. The first kappa shape index (κ1) is 13.3. The number of hydrogen-bond acceptors (Lipinski definition) is 4. The van der Waals surface area contributed by atoms with Gasteiger partial charge < -0.3 is 0 Å². The highest BCUT2D eigenvalue weighted by Crippen LogP contribution is 2.33. The normalized spacial score (nSPS) is 16.9. The van der Waals surface area contributed by atoms with Crippen molar-refractivity contribution < 1.29 is 0 Å². The molecule has 1 aliphatic rings. The monoisotopic (exact) mass is 292 g/mol. The van der Waals surface area contributed by atoms with Gasteiger partial charge >= 0.3 is 0 Å². The lowest BCUT2D eigenvalue weighted by atomic mass is 9.87. The largest absolute Gasteiger partial charge is 0.246 e. The standard InChI is InChI=1S/C15H20N2S2/c1-10-15(19-11(2)16-10)13-9-18-14(17-13)8-12-6-4-3-5-7-12/h9,12H,3-8H2,1-2H3. The van der Waals surface area contributed by atoms with Crippen LogP contribution in [0.2, 0.25) is 0 Å². The highest BCUT2D eigenvalue weighted by Gasteiger charge is 2.17. The number of aryl methyl sites for hydroxylation is 2. The van der Waals surface area contributed by atoms with E-state index in [9.17, 15) is 0 Å². The van der Waals surface area contributed by atoms with E-state index < -0.39 is 0 Å². The number of rotatable bonds is 3. The topological polar surface area (TPSA) is 25.8 Å². The third-order valence-corrected chi connectivity index (χ3v) is 5.84. The minimum absolute atomic E-state index is 0.872. The first-order valence-corrected chi connectivity index (χ1v) is 8.81. The van der Waals surface area contributed by atoms with E-state index in [0.29, 0.717) is 0 Å². The van der Waals surface area contributed by atoms with Gasteiger partial charge in [0, 0.05) is 11.8 Å². The molecule has 2 aromatic rings. The van der Waals surface area contributed by atoms with E-state index in [4.69, 9.17) is 4.98 Å². The quantitative estimate of drug-likeness (QED) is 0.795. The summed E-state index contributed by atoms with van der Waals surface area (Å²) in [6.07, 6.45) is 8.23. The molecule has 0 amide bonds. The molecule has 2 heterocycles. The van der Waals surface area contributed by atoms with Gasteiger partial charge in [0.05, 0.1) is 26.3 Å². The van der Waals surface area contributed by atoms with Crippen LogP contribution in [0.3, 0.4) is 0 Å². The van der Waals surface area contributed by atoms with E-state index in [1.807, 2.05) is 11.3 Å². The Balaban J connectivity index is 1.74. The van der Waals surface area contributed by atoms with Crippen molar-refractivity contribution >= 4 is 22.7 Å². The lowest BCUT2D eigenvalue weighted by molar-refractivity contribution is 0.356. The van der Waals surface area contributed by atoms with Gasteiger partial charge in [-0.15, -0.1) is 22.7 Å². The molecule has 0 N–H and O–H groups in total. The summed E-state index contributed by atoms with van der Waals surface area (Å²) in [6, 6.07) is 0. The van der Waals surface area contributed by atoms with Crippen LogP contribution in [-0.4, -0.2) is 9.97 Å². The molecule has 0 aromatic carbocycles. The summed E-state index contributed by atoms with van der Waals surface area (Å²) in [5.41, 5.74) is 2.26. The van der Waals surface area contributed by atoms with Crippen molar-refractivity contribution in [3.8, 4) is 10.6 Å².